The zero-order valence-electron chi connectivity index (χ0n) is 10.1. The molecule has 1 saturated heterocycles. The largest absolute Gasteiger partial charge is 0.467 e. The lowest BCUT2D eigenvalue weighted by Gasteiger charge is -2.21. The van der Waals surface area contributed by atoms with Gasteiger partial charge in [0.1, 0.15) is 0 Å². The van der Waals surface area contributed by atoms with E-state index >= 15 is 0 Å². The molecule has 0 spiro atoms. The molecule has 19 heavy (non-hydrogen) atoms. The maximum Gasteiger partial charge on any atom is 0.334 e. The molecule has 1 fully saturated rings. The first kappa shape index (κ1) is 14.6. The quantitative estimate of drug-likeness (QED) is 0.791. The number of sulfonamides is 1. The first-order valence-electron chi connectivity index (χ1n) is 5.43. The van der Waals surface area contributed by atoms with E-state index in [1.54, 1.807) is 0 Å². The molecule has 1 aromatic carbocycles. The third kappa shape index (κ3) is 2.89. The summed E-state index contributed by atoms with van der Waals surface area (Å²) in [5, 5.41) is -0.357. The Kier molecular flexibility index (Phi) is 4.39. The first-order valence-corrected chi connectivity index (χ1v) is 8.30. The molecule has 1 aromatic rings. The second-order valence-electron chi connectivity index (χ2n) is 3.82. The van der Waals surface area contributed by atoms with E-state index in [4.69, 9.17) is 11.6 Å². The van der Waals surface area contributed by atoms with Crippen molar-refractivity contribution < 1.29 is 17.9 Å². The second-order valence-corrected chi connectivity index (χ2v) is 7.33. The van der Waals surface area contributed by atoms with Crippen molar-refractivity contribution in [3.63, 3.8) is 0 Å². The van der Waals surface area contributed by atoms with Crippen LogP contribution < -0.4 is 0 Å². The van der Waals surface area contributed by atoms with Crippen molar-refractivity contribution in [2.75, 3.05) is 19.4 Å². The van der Waals surface area contributed by atoms with Crippen LogP contribution in [0.2, 0.25) is 5.02 Å². The van der Waals surface area contributed by atoms with E-state index < -0.39 is 21.4 Å². The summed E-state index contributed by atoms with van der Waals surface area (Å²) in [6.07, 6.45) is 0. The van der Waals surface area contributed by atoms with E-state index in [2.05, 4.69) is 4.74 Å². The summed E-state index contributed by atoms with van der Waals surface area (Å²) in [5.41, 5.74) is 0. The minimum absolute atomic E-state index is 0.119. The number of carbonyl (C=O) groups is 1. The third-order valence-electron chi connectivity index (χ3n) is 2.67. The van der Waals surface area contributed by atoms with Gasteiger partial charge in [0.25, 0.3) is 0 Å². The highest BCUT2D eigenvalue weighted by molar-refractivity contribution is 8.02. The fourth-order valence-electron chi connectivity index (χ4n) is 1.73. The van der Waals surface area contributed by atoms with Crippen LogP contribution in [0.15, 0.2) is 29.2 Å². The SMILES string of the molecule is COC(=O)[C@H]1SCCN1S(=O)(=O)c1ccc(Cl)cc1. The third-order valence-corrected chi connectivity index (χ3v) is 6.12. The number of carbonyl (C=O) groups excluding carboxylic acids is 1. The van der Waals surface area contributed by atoms with Crippen molar-refractivity contribution >= 4 is 39.4 Å². The molecule has 104 valence electrons. The summed E-state index contributed by atoms with van der Waals surface area (Å²) in [6, 6.07) is 5.86. The van der Waals surface area contributed by atoms with Crippen LogP contribution in [0.5, 0.6) is 0 Å². The minimum atomic E-state index is -3.71. The topological polar surface area (TPSA) is 63.7 Å². The van der Waals surface area contributed by atoms with Crippen molar-refractivity contribution in [1.29, 1.82) is 0 Å². The molecule has 0 aliphatic carbocycles. The molecule has 2 rings (SSSR count). The summed E-state index contributed by atoms with van der Waals surface area (Å²) in [7, 11) is -2.46. The molecule has 1 heterocycles. The van der Waals surface area contributed by atoms with E-state index in [1.165, 1.54) is 43.1 Å². The monoisotopic (exact) mass is 321 g/mol. The Morgan fingerprint density at radius 2 is 2.05 bits per heavy atom. The van der Waals surface area contributed by atoms with Crippen LogP contribution in [-0.4, -0.2) is 43.5 Å². The summed E-state index contributed by atoms with van der Waals surface area (Å²) in [5.74, 6) is 0.00657. The van der Waals surface area contributed by atoms with Gasteiger partial charge in [-0.15, -0.1) is 11.8 Å². The highest BCUT2D eigenvalue weighted by Crippen LogP contribution is 2.31. The second kappa shape index (κ2) is 5.70. The van der Waals surface area contributed by atoms with Crippen molar-refractivity contribution in [2.24, 2.45) is 0 Å². The molecule has 5 nitrogen and oxygen atoms in total. The molecule has 1 aliphatic heterocycles. The van der Waals surface area contributed by atoms with E-state index in [-0.39, 0.29) is 11.4 Å². The average molecular weight is 322 g/mol. The van der Waals surface area contributed by atoms with Gasteiger partial charge in [0.05, 0.1) is 12.0 Å². The molecule has 0 amide bonds. The fourth-order valence-corrected chi connectivity index (χ4v) is 4.94. The predicted molar refractivity (Wildman–Crippen MR) is 73.6 cm³/mol. The normalized spacial score (nSPS) is 20.4. The standard InChI is InChI=1S/C11H12ClNO4S2/c1-17-11(14)10-13(6-7-18-10)19(15,16)9-4-2-8(12)3-5-9/h2-5,10H,6-7H2,1H3/t10-/m1/s1. The van der Waals surface area contributed by atoms with Crippen LogP contribution in [-0.2, 0) is 19.6 Å². The molecule has 8 heteroatoms. The highest BCUT2D eigenvalue weighted by Gasteiger charge is 2.40. The average Bonchev–Trinajstić information content (AvgIpc) is 2.88. The highest BCUT2D eigenvalue weighted by atomic mass is 35.5. The smallest absolute Gasteiger partial charge is 0.334 e. The van der Waals surface area contributed by atoms with Gasteiger partial charge in [0, 0.05) is 17.3 Å². The number of methoxy groups -OCH3 is 1. The van der Waals surface area contributed by atoms with Gasteiger partial charge in [-0.3, -0.25) is 0 Å². The van der Waals surface area contributed by atoms with Gasteiger partial charge >= 0.3 is 5.97 Å². The number of ether oxygens (including phenoxy) is 1. The number of rotatable bonds is 3. The molecule has 0 unspecified atom stereocenters. The summed E-state index contributed by atoms with van der Waals surface area (Å²) in [6.45, 7) is 0.287. The molecule has 1 atom stereocenters. The summed E-state index contributed by atoms with van der Waals surface area (Å²) >= 11 is 6.99. The van der Waals surface area contributed by atoms with Crippen LogP contribution in [0.25, 0.3) is 0 Å². The number of hydrogen-bond donors (Lipinski definition) is 0. The lowest BCUT2D eigenvalue weighted by Crippen LogP contribution is -2.39. The number of thioether (sulfide) groups is 1. The van der Waals surface area contributed by atoms with E-state index in [1.807, 2.05) is 0 Å². The zero-order valence-corrected chi connectivity index (χ0v) is 12.5. The molecular weight excluding hydrogens is 310 g/mol. The fraction of sp³-hybridized carbons (Fsp3) is 0.364. The van der Waals surface area contributed by atoms with E-state index in [0.29, 0.717) is 10.8 Å². The molecule has 0 bridgehead atoms. The predicted octanol–water partition coefficient (Wildman–Crippen LogP) is 1.58. The molecule has 0 radical (unpaired) electrons. The van der Waals surface area contributed by atoms with Crippen molar-refractivity contribution in [2.45, 2.75) is 10.3 Å². The van der Waals surface area contributed by atoms with Gasteiger partial charge < -0.3 is 4.74 Å². The van der Waals surface area contributed by atoms with Gasteiger partial charge in [0.2, 0.25) is 10.0 Å². The van der Waals surface area contributed by atoms with Crippen LogP contribution >= 0.6 is 23.4 Å². The molecule has 1 aliphatic rings. The van der Waals surface area contributed by atoms with Gasteiger partial charge in [-0.25, -0.2) is 13.2 Å². The number of esters is 1. The van der Waals surface area contributed by atoms with Gasteiger partial charge in [-0.1, -0.05) is 11.6 Å². The maximum atomic E-state index is 12.4. The zero-order chi connectivity index (χ0) is 14.0. The van der Waals surface area contributed by atoms with E-state index in [9.17, 15) is 13.2 Å². The van der Waals surface area contributed by atoms with E-state index in [0.717, 1.165) is 4.31 Å². The van der Waals surface area contributed by atoms with Crippen LogP contribution in [0.1, 0.15) is 0 Å². The maximum absolute atomic E-state index is 12.4. The lowest BCUT2D eigenvalue weighted by molar-refractivity contribution is -0.141. The number of hydrogen-bond acceptors (Lipinski definition) is 5. The molecule has 0 aromatic heterocycles. The Labute approximate surface area is 120 Å². The molecule has 0 saturated carbocycles. The van der Waals surface area contributed by atoms with Gasteiger partial charge in [0.15, 0.2) is 5.37 Å². The number of nitrogens with zero attached hydrogens (tertiary/aromatic N) is 1. The summed E-state index contributed by atoms with van der Waals surface area (Å²) in [4.78, 5) is 11.7. The number of benzene rings is 1. The summed E-state index contributed by atoms with van der Waals surface area (Å²) < 4.78 is 30.7. The van der Waals surface area contributed by atoms with Crippen molar-refractivity contribution in [3.8, 4) is 0 Å². The Balaban J connectivity index is 2.33. The van der Waals surface area contributed by atoms with Crippen LogP contribution in [0, 0.1) is 0 Å². The van der Waals surface area contributed by atoms with Crippen molar-refractivity contribution in [3.05, 3.63) is 29.3 Å². The number of halogens is 1. The minimum Gasteiger partial charge on any atom is -0.467 e. The Morgan fingerprint density at radius 3 is 2.63 bits per heavy atom. The Hall–Kier alpha value is -0.760. The van der Waals surface area contributed by atoms with Gasteiger partial charge in [-0.05, 0) is 24.3 Å². The first-order chi connectivity index (χ1) is 8.96. The molecular formula is C11H12ClNO4S2. The van der Waals surface area contributed by atoms with Crippen LogP contribution in [0.3, 0.4) is 0 Å². The Bertz CT molecular complexity index is 573. The molecule has 0 N–H and O–H groups in total. The Morgan fingerprint density at radius 1 is 1.42 bits per heavy atom. The van der Waals surface area contributed by atoms with Gasteiger partial charge in [-0.2, -0.15) is 4.31 Å². The van der Waals surface area contributed by atoms with Crippen molar-refractivity contribution in [1.82, 2.24) is 4.31 Å². The lowest BCUT2D eigenvalue weighted by atomic mass is 10.4. The van der Waals surface area contributed by atoms with Crippen LogP contribution in [0.4, 0.5) is 0 Å².